The van der Waals surface area contributed by atoms with Gasteiger partial charge in [0.1, 0.15) is 0 Å². The zero-order chi connectivity index (χ0) is 16.0. The van der Waals surface area contributed by atoms with E-state index in [1.54, 1.807) is 0 Å². The van der Waals surface area contributed by atoms with Crippen molar-refractivity contribution in [1.82, 2.24) is 0 Å². The van der Waals surface area contributed by atoms with Crippen molar-refractivity contribution in [3.63, 3.8) is 0 Å². The molecule has 1 atom stereocenters. The zero-order valence-electron chi connectivity index (χ0n) is 14.4. The molecule has 22 heavy (non-hydrogen) atoms. The Hall–Kier alpha value is -0.835. The van der Waals surface area contributed by atoms with Gasteiger partial charge in [0.15, 0.2) is 0 Å². The van der Waals surface area contributed by atoms with Crippen molar-refractivity contribution in [2.24, 2.45) is 0 Å². The Morgan fingerprint density at radius 3 is 2.36 bits per heavy atom. The maximum Gasteiger partial charge on any atom is 0.495 e. The summed E-state index contributed by atoms with van der Waals surface area (Å²) in [6, 6.07) is 6.59. The second kappa shape index (κ2) is 5.66. The normalized spacial score (nSPS) is 27.1. The molecule has 3 rings (SSSR count). The smallest absolute Gasteiger partial charge is 0.399 e. The van der Waals surface area contributed by atoms with Crippen LogP contribution in [-0.4, -0.2) is 31.5 Å². The number of hydrogen-bond donors (Lipinski definition) is 0. The highest BCUT2D eigenvalue weighted by molar-refractivity contribution is 6.62. The van der Waals surface area contributed by atoms with E-state index in [1.807, 2.05) is 0 Å². The predicted octanol–water partition coefficient (Wildman–Crippen LogP) is 3.19. The number of hydrogen-bond acceptors (Lipinski definition) is 3. The zero-order valence-corrected chi connectivity index (χ0v) is 14.4. The first-order chi connectivity index (χ1) is 10.3. The number of rotatable bonds is 2. The first-order valence-corrected chi connectivity index (χ1v) is 8.34. The quantitative estimate of drug-likeness (QED) is 0.785. The van der Waals surface area contributed by atoms with Gasteiger partial charge in [0.05, 0.1) is 17.8 Å². The molecule has 2 heterocycles. The second-order valence-electron chi connectivity index (χ2n) is 7.63. The second-order valence-corrected chi connectivity index (χ2v) is 7.63. The van der Waals surface area contributed by atoms with Gasteiger partial charge in [-0.1, -0.05) is 23.8 Å². The van der Waals surface area contributed by atoms with E-state index in [0.717, 1.165) is 19.6 Å². The van der Waals surface area contributed by atoms with Crippen molar-refractivity contribution in [1.29, 1.82) is 0 Å². The monoisotopic (exact) mass is 302 g/mol. The van der Waals surface area contributed by atoms with Crippen LogP contribution in [0.15, 0.2) is 18.2 Å². The van der Waals surface area contributed by atoms with Gasteiger partial charge in [-0.05, 0) is 58.5 Å². The fraction of sp³-hybridized carbons (Fsp3) is 0.667. The molecule has 0 radical (unpaired) electrons. The average Bonchev–Trinajstić information content (AvgIpc) is 2.68. The van der Waals surface area contributed by atoms with E-state index in [9.17, 15) is 0 Å². The molecule has 1 aromatic rings. The summed E-state index contributed by atoms with van der Waals surface area (Å²) in [6.45, 7) is 12.2. The van der Waals surface area contributed by atoms with Crippen molar-refractivity contribution < 1.29 is 14.0 Å². The van der Waals surface area contributed by atoms with Crippen molar-refractivity contribution >= 4 is 12.6 Å². The molecule has 0 aliphatic carbocycles. The van der Waals surface area contributed by atoms with Crippen LogP contribution in [0.2, 0.25) is 0 Å². The molecule has 0 bridgehead atoms. The standard InChI is InChI=1S/C18H27BO3/c1-13-8-9-16(15(11-13)14-7-6-10-20-12-14)19-21-17(2,3)18(4,5)22-19/h8-9,11,14H,6-7,10,12H2,1-5H3. The molecule has 0 amide bonds. The van der Waals surface area contributed by atoms with Crippen LogP contribution in [0, 0.1) is 6.92 Å². The van der Waals surface area contributed by atoms with Gasteiger partial charge in [-0.3, -0.25) is 0 Å². The van der Waals surface area contributed by atoms with Gasteiger partial charge in [0, 0.05) is 12.5 Å². The minimum Gasteiger partial charge on any atom is -0.399 e. The summed E-state index contributed by atoms with van der Waals surface area (Å²) >= 11 is 0. The summed E-state index contributed by atoms with van der Waals surface area (Å²) in [5.74, 6) is 0.447. The number of ether oxygens (including phenoxy) is 1. The summed E-state index contributed by atoms with van der Waals surface area (Å²) in [5, 5.41) is 0. The van der Waals surface area contributed by atoms with E-state index in [4.69, 9.17) is 14.0 Å². The highest BCUT2D eigenvalue weighted by atomic mass is 16.7. The van der Waals surface area contributed by atoms with Gasteiger partial charge in [0.25, 0.3) is 0 Å². The number of benzene rings is 1. The average molecular weight is 302 g/mol. The fourth-order valence-corrected chi connectivity index (χ4v) is 3.22. The summed E-state index contributed by atoms with van der Waals surface area (Å²) in [7, 11) is -0.289. The van der Waals surface area contributed by atoms with Crippen molar-refractivity contribution in [2.45, 2.75) is 64.6 Å². The lowest BCUT2D eigenvalue weighted by atomic mass is 9.72. The summed E-state index contributed by atoms with van der Waals surface area (Å²) < 4.78 is 18.2. The Kier molecular flexibility index (Phi) is 4.13. The van der Waals surface area contributed by atoms with E-state index in [1.165, 1.54) is 23.0 Å². The molecule has 120 valence electrons. The Morgan fingerprint density at radius 2 is 1.77 bits per heavy atom. The predicted molar refractivity (Wildman–Crippen MR) is 89.7 cm³/mol. The molecule has 4 heteroatoms. The lowest BCUT2D eigenvalue weighted by Gasteiger charge is -2.32. The fourth-order valence-electron chi connectivity index (χ4n) is 3.22. The summed E-state index contributed by atoms with van der Waals surface area (Å²) in [4.78, 5) is 0. The highest BCUT2D eigenvalue weighted by Crippen LogP contribution is 2.37. The molecular formula is C18H27BO3. The lowest BCUT2D eigenvalue weighted by Crippen LogP contribution is -2.41. The highest BCUT2D eigenvalue weighted by Gasteiger charge is 2.52. The van der Waals surface area contributed by atoms with Gasteiger partial charge in [-0.2, -0.15) is 0 Å². The lowest BCUT2D eigenvalue weighted by molar-refractivity contribution is 0.00578. The van der Waals surface area contributed by atoms with E-state index in [2.05, 4.69) is 52.8 Å². The third-order valence-corrected chi connectivity index (χ3v) is 5.35. The van der Waals surface area contributed by atoms with Gasteiger partial charge in [-0.25, -0.2) is 0 Å². The Balaban J connectivity index is 1.94. The molecule has 3 nitrogen and oxygen atoms in total. The van der Waals surface area contributed by atoms with E-state index in [-0.39, 0.29) is 18.3 Å². The molecule has 2 aliphatic heterocycles. The third-order valence-electron chi connectivity index (χ3n) is 5.35. The molecular weight excluding hydrogens is 275 g/mol. The SMILES string of the molecule is Cc1ccc(B2OC(C)(C)C(C)(C)O2)c(C2CCCOC2)c1. The molecule has 2 fully saturated rings. The van der Waals surface area contributed by atoms with Crippen LogP contribution in [0.5, 0.6) is 0 Å². The van der Waals surface area contributed by atoms with Crippen LogP contribution in [0.3, 0.4) is 0 Å². The molecule has 2 aliphatic rings. The maximum absolute atomic E-state index is 6.26. The molecule has 1 aromatic carbocycles. The van der Waals surface area contributed by atoms with Gasteiger partial charge < -0.3 is 14.0 Å². The van der Waals surface area contributed by atoms with Crippen LogP contribution in [-0.2, 0) is 14.0 Å². The van der Waals surface area contributed by atoms with Crippen molar-refractivity contribution in [3.05, 3.63) is 29.3 Å². The Labute approximate surface area is 134 Å². The van der Waals surface area contributed by atoms with E-state index in [0.29, 0.717) is 5.92 Å². The summed E-state index contributed by atoms with van der Waals surface area (Å²) in [5.41, 5.74) is 3.17. The van der Waals surface area contributed by atoms with E-state index < -0.39 is 0 Å². The first kappa shape index (κ1) is 16.0. The van der Waals surface area contributed by atoms with Gasteiger partial charge in [0.2, 0.25) is 0 Å². The molecule has 0 spiro atoms. The van der Waals surface area contributed by atoms with Crippen LogP contribution in [0.4, 0.5) is 0 Å². The van der Waals surface area contributed by atoms with Crippen molar-refractivity contribution in [3.8, 4) is 0 Å². The largest absolute Gasteiger partial charge is 0.495 e. The van der Waals surface area contributed by atoms with Crippen LogP contribution >= 0.6 is 0 Å². The van der Waals surface area contributed by atoms with Crippen molar-refractivity contribution in [2.75, 3.05) is 13.2 Å². The first-order valence-electron chi connectivity index (χ1n) is 8.34. The number of aryl methyl sites for hydroxylation is 1. The van der Waals surface area contributed by atoms with Gasteiger partial charge in [-0.15, -0.1) is 0 Å². The summed E-state index contributed by atoms with van der Waals surface area (Å²) in [6.07, 6.45) is 2.30. The Bertz CT molecular complexity index is 531. The third kappa shape index (κ3) is 2.84. The van der Waals surface area contributed by atoms with Gasteiger partial charge >= 0.3 is 7.12 Å². The molecule has 0 aromatic heterocycles. The molecule has 0 saturated carbocycles. The topological polar surface area (TPSA) is 27.7 Å². The molecule has 1 unspecified atom stereocenters. The maximum atomic E-state index is 6.26. The van der Waals surface area contributed by atoms with Crippen LogP contribution < -0.4 is 5.46 Å². The van der Waals surface area contributed by atoms with E-state index >= 15 is 0 Å². The van der Waals surface area contributed by atoms with Crippen LogP contribution in [0.1, 0.15) is 57.6 Å². The minimum absolute atomic E-state index is 0.289. The minimum atomic E-state index is -0.303. The van der Waals surface area contributed by atoms with Crippen LogP contribution in [0.25, 0.3) is 0 Å². The molecule has 2 saturated heterocycles. The Morgan fingerprint density at radius 1 is 1.09 bits per heavy atom. The molecule has 0 N–H and O–H groups in total.